The normalized spacial score (nSPS) is 14.2. The van der Waals surface area contributed by atoms with Crippen LogP contribution in [0.3, 0.4) is 0 Å². The SMILES string of the molecule is Cc1ccc2c(c1)c1c(n2CCc2ccccc2F)CCNC1. The van der Waals surface area contributed by atoms with Crippen molar-refractivity contribution in [2.75, 3.05) is 6.54 Å². The molecule has 23 heavy (non-hydrogen) atoms. The summed E-state index contributed by atoms with van der Waals surface area (Å²) in [5.74, 6) is -0.102. The number of aromatic nitrogens is 1. The molecule has 2 nitrogen and oxygen atoms in total. The lowest BCUT2D eigenvalue weighted by molar-refractivity contribution is 0.575. The predicted molar refractivity (Wildman–Crippen MR) is 92.2 cm³/mol. The molecule has 3 aromatic rings. The van der Waals surface area contributed by atoms with Gasteiger partial charge in [-0.3, -0.25) is 0 Å². The zero-order chi connectivity index (χ0) is 15.8. The molecular weight excluding hydrogens is 287 g/mol. The first-order valence-corrected chi connectivity index (χ1v) is 8.29. The Balaban J connectivity index is 1.76. The molecule has 2 heterocycles. The lowest BCUT2D eigenvalue weighted by Crippen LogP contribution is -2.24. The van der Waals surface area contributed by atoms with Crippen LogP contribution in [0.1, 0.15) is 22.4 Å². The predicted octanol–water partition coefficient (Wildman–Crippen LogP) is 3.98. The minimum absolute atomic E-state index is 0.102. The van der Waals surface area contributed by atoms with E-state index in [1.807, 2.05) is 12.1 Å². The van der Waals surface area contributed by atoms with E-state index in [9.17, 15) is 4.39 Å². The van der Waals surface area contributed by atoms with Crippen molar-refractivity contribution in [1.82, 2.24) is 9.88 Å². The number of fused-ring (bicyclic) bond motifs is 3. The van der Waals surface area contributed by atoms with Gasteiger partial charge in [0, 0.05) is 42.7 Å². The third-order valence-corrected chi connectivity index (χ3v) is 4.85. The summed E-state index contributed by atoms with van der Waals surface area (Å²) in [6.45, 7) is 4.92. The summed E-state index contributed by atoms with van der Waals surface area (Å²) < 4.78 is 16.3. The average Bonchev–Trinajstić information content (AvgIpc) is 2.88. The van der Waals surface area contributed by atoms with E-state index in [1.165, 1.54) is 27.7 Å². The van der Waals surface area contributed by atoms with E-state index in [4.69, 9.17) is 0 Å². The molecule has 0 bridgehead atoms. The average molecular weight is 308 g/mol. The van der Waals surface area contributed by atoms with Gasteiger partial charge in [-0.1, -0.05) is 29.8 Å². The quantitative estimate of drug-likeness (QED) is 0.774. The molecule has 1 aliphatic rings. The van der Waals surface area contributed by atoms with E-state index < -0.39 is 0 Å². The van der Waals surface area contributed by atoms with Gasteiger partial charge in [-0.15, -0.1) is 0 Å². The van der Waals surface area contributed by atoms with Gasteiger partial charge in [0.05, 0.1) is 0 Å². The monoisotopic (exact) mass is 308 g/mol. The second-order valence-corrected chi connectivity index (χ2v) is 6.37. The van der Waals surface area contributed by atoms with Crippen molar-refractivity contribution in [2.24, 2.45) is 0 Å². The molecule has 0 spiro atoms. The second-order valence-electron chi connectivity index (χ2n) is 6.37. The van der Waals surface area contributed by atoms with Crippen LogP contribution in [0, 0.1) is 12.7 Å². The Kier molecular flexibility index (Phi) is 3.66. The summed E-state index contributed by atoms with van der Waals surface area (Å²) in [5, 5.41) is 4.82. The lowest BCUT2D eigenvalue weighted by atomic mass is 10.0. The van der Waals surface area contributed by atoms with Gasteiger partial charge in [0.1, 0.15) is 5.82 Å². The zero-order valence-electron chi connectivity index (χ0n) is 13.4. The van der Waals surface area contributed by atoms with Gasteiger partial charge in [-0.25, -0.2) is 4.39 Å². The van der Waals surface area contributed by atoms with E-state index in [0.29, 0.717) is 0 Å². The maximum atomic E-state index is 13.9. The number of halogens is 1. The third kappa shape index (κ3) is 2.55. The van der Waals surface area contributed by atoms with Gasteiger partial charge in [0.15, 0.2) is 0 Å². The largest absolute Gasteiger partial charge is 0.344 e. The molecule has 0 unspecified atom stereocenters. The highest BCUT2D eigenvalue weighted by Gasteiger charge is 2.19. The molecule has 1 aromatic heterocycles. The Morgan fingerprint density at radius 2 is 2.04 bits per heavy atom. The molecule has 3 heteroatoms. The highest BCUT2D eigenvalue weighted by molar-refractivity contribution is 5.86. The van der Waals surface area contributed by atoms with E-state index >= 15 is 0 Å². The Morgan fingerprint density at radius 3 is 2.91 bits per heavy atom. The first kappa shape index (κ1) is 14.5. The molecule has 0 atom stereocenters. The fourth-order valence-electron chi connectivity index (χ4n) is 3.68. The van der Waals surface area contributed by atoms with Crippen molar-refractivity contribution in [3.8, 4) is 0 Å². The number of hydrogen-bond donors (Lipinski definition) is 1. The van der Waals surface area contributed by atoms with E-state index in [2.05, 4.69) is 35.0 Å². The molecule has 0 aliphatic carbocycles. The van der Waals surface area contributed by atoms with Gasteiger partial charge in [-0.05, 0) is 42.7 Å². The van der Waals surface area contributed by atoms with Crippen LogP contribution in [-0.4, -0.2) is 11.1 Å². The summed E-state index contributed by atoms with van der Waals surface area (Å²) in [7, 11) is 0. The first-order chi connectivity index (χ1) is 11.2. The highest BCUT2D eigenvalue weighted by atomic mass is 19.1. The van der Waals surface area contributed by atoms with Gasteiger partial charge in [0.2, 0.25) is 0 Å². The van der Waals surface area contributed by atoms with Crippen LogP contribution < -0.4 is 5.32 Å². The van der Waals surface area contributed by atoms with E-state index in [1.54, 1.807) is 12.1 Å². The Bertz CT molecular complexity index is 863. The van der Waals surface area contributed by atoms with Crippen molar-refractivity contribution in [2.45, 2.75) is 32.9 Å². The molecule has 0 radical (unpaired) electrons. The third-order valence-electron chi connectivity index (χ3n) is 4.85. The minimum Gasteiger partial charge on any atom is -0.344 e. The summed E-state index contributed by atoms with van der Waals surface area (Å²) >= 11 is 0. The number of hydrogen-bond acceptors (Lipinski definition) is 1. The van der Waals surface area contributed by atoms with Crippen molar-refractivity contribution < 1.29 is 4.39 Å². The summed E-state index contributed by atoms with van der Waals surface area (Å²) in [4.78, 5) is 0. The van der Waals surface area contributed by atoms with Gasteiger partial charge in [-0.2, -0.15) is 0 Å². The van der Waals surface area contributed by atoms with Gasteiger partial charge in [0.25, 0.3) is 0 Å². The maximum Gasteiger partial charge on any atom is 0.126 e. The van der Waals surface area contributed by atoms with E-state index in [-0.39, 0.29) is 5.82 Å². The molecule has 118 valence electrons. The summed E-state index contributed by atoms with van der Waals surface area (Å²) in [6.07, 6.45) is 1.77. The van der Waals surface area contributed by atoms with Crippen molar-refractivity contribution in [1.29, 1.82) is 0 Å². The number of benzene rings is 2. The summed E-state index contributed by atoms with van der Waals surface area (Å²) in [5.41, 5.74) is 6.20. The van der Waals surface area contributed by atoms with Crippen LogP contribution >= 0.6 is 0 Å². The Hall–Kier alpha value is -2.13. The molecule has 0 saturated heterocycles. The molecule has 1 N–H and O–H groups in total. The number of nitrogens with one attached hydrogen (secondary N) is 1. The first-order valence-electron chi connectivity index (χ1n) is 8.29. The second kappa shape index (κ2) is 5.82. The molecule has 0 fully saturated rings. The number of aryl methyl sites for hydroxylation is 3. The van der Waals surface area contributed by atoms with Gasteiger partial charge < -0.3 is 9.88 Å². The van der Waals surface area contributed by atoms with Crippen molar-refractivity contribution >= 4 is 10.9 Å². The number of nitrogens with zero attached hydrogens (tertiary/aromatic N) is 1. The van der Waals surface area contributed by atoms with Crippen LogP contribution in [0.4, 0.5) is 4.39 Å². The molecule has 1 aliphatic heterocycles. The van der Waals surface area contributed by atoms with E-state index in [0.717, 1.165) is 38.0 Å². The van der Waals surface area contributed by atoms with Crippen molar-refractivity contribution in [3.63, 3.8) is 0 Å². The smallest absolute Gasteiger partial charge is 0.126 e. The highest BCUT2D eigenvalue weighted by Crippen LogP contribution is 2.29. The molecule has 0 saturated carbocycles. The lowest BCUT2D eigenvalue weighted by Gasteiger charge is -2.17. The van der Waals surface area contributed by atoms with Crippen LogP contribution in [0.2, 0.25) is 0 Å². The van der Waals surface area contributed by atoms with Crippen LogP contribution in [-0.2, 0) is 25.9 Å². The van der Waals surface area contributed by atoms with Crippen LogP contribution in [0.25, 0.3) is 10.9 Å². The van der Waals surface area contributed by atoms with Crippen LogP contribution in [0.15, 0.2) is 42.5 Å². The maximum absolute atomic E-state index is 13.9. The molecule has 4 rings (SSSR count). The number of rotatable bonds is 3. The minimum atomic E-state index is -0.102. The Labute approximate surface area is 135 Å². The topological polar surface area (TPSA) is 17.0 Å². The standard InChI is InChI=1S/C20H21FN2/c1-14-6-7-19-16(12-14)17-13-22-10-8-20(17)23(19)11-9-15-4-2-3-5-18(15)21/h2-7,12,22H,8-11,13H2,1H3. The zero-order valence-corrected chi connectivity index (χ0v) is 13.4. The van der Waals surface area contributed by atoms with Crippen molar-refractivity contribution in [3.05, 3.63) is 70.7 Å². The molecule has 2 aromatic carbocycles. The van der Waals surface area contributed by atoms with Crippen LogP contribution in [0.5, 0.6) is 0 Å². The fourth-order valence-corrected chi connectivity index (χ4v) is 3.68. The Morgan fingerprint density at radius 1 is 1.17 bits per heavy atom. The molecular formula is C20H21FN2. The fraction of sp³-hybridized carbons (Fsp3) is 0.300. The van der Waals surface area contributed by atoms with Gasteiger partial charge >= 0.3 is 0 Å². The molecule has 0 amide bonds. The summed E-state index contributed by atoms with van der Waals surface area (Å²) in [6, 6.07) is 13.8.